The average Bonchev–Trinajstić information content (AvgIpc) is 2.79. The molecule has 0 N–H and O–H groups in total. The van der Waals surface area contributed by atoms with E-state index in [4.69, 9.17) is 16.3 Å². The number of rotatable bonds is 8. The summed E-state index contributed by atoms with van der Waals surface area (Å²) in [4.78, 5) is 29.4. The predicted octanol–water partition coefficient (Wildman–Crippen LogP) is 4.40. The number of nitrogens with zero attached hydrogens (tertiary/aromatic N) is 2. The van der Waals surface area contributed by atoms with E-state index in [2.05, 4.69) is 0 Å². The molecule has 160 valence electrons. The first-order valence-electron chi connectivity index (χ1n) is 10.6. The van der Waals surface area contributed by atoms with Gasteiger partial charge < -0.3 is 14.5 Å². The lowest BCUT2D eigenvalue weighted by Crippen LogP contribution is -2.46. The van der Waals surface area contributed by atoms with Crippen LogP contribution in [0.1, 0.15) is 31.7 Å². The van der Waals surface area contributed by atoms with Gasteiger partial charge in [0.2, 0.25) is 11.8 Å². The van der Waals surface area contributed by atoms with Gasteiger partial charge >= 0.3 is 0 Å². The molecule has 1 saturated heterocycles. The molecule has 1 aliphatic rings. The SMILES string of the molecule is CCN(Cc1ccccc1Cl)C(=O)C1CCCN(C(=O)CCOc2ccccc2)C1. The molecule has 0 aliphatic carbocycles. The van der Waals surface area contributed by atoms with Crippen LogP contribution < -0.4 is 4.74 Å². The Morgan fingerprint density at radius 2 is 1.87 bits per heavy atom. The van der Waals surface area contributed by atoms with E-state index in [1.807, 2.05) is 71.3 Å². The van der Waals surface area contributed by atoms with Crippen molar-refractivity contribution in [2.45, 2.75) is 32.7 Å². The van der Waals surface area contributed by atoms with Crippen LogP contribution in [0.3, 0.4) is 0 Å². The molecular weight excluding hydrogens is 400 g/mol. The molecule has 1 fully saturated rings. The summed E-state index contributed by atoms with van der Waals surface area (Å²) in [6.45, 7) is 4.59. The minimum absolute atomic E-state index is 0.0394. The molecule has 1 heterocycles. The summed E-state index contributed by atoms with van der Waals surface area (Å²) in [5.41, 5.74) is 0.941. The zero-order valence-corrected chi connectivity index (χ0v) is 18.2. The number of piperidine rings is 1. The van der Waals surface area contributed by atoms with Gasteiger partial charge in [-0.1, -0.05) is 48.0 Å². The van der Waals surface area contributed by atoms with E-state index in [-0.39, 0.29) is 17.7 Å². The number of hydrogen-bond donors (Lipinski definition) is 0. The highest BCUT2D eigenvalue weighted by molar-refractivity contribution is 6.31. The van der Waals surface area contributed by atoms with Gasteiger partial charge in [-0.05, 0) is 43.5 Å². The van der Waals surface area contributed by atoms with Gasteiger partial charge in [0.1, 0.15) is 5.75 Å². The molecule has 5 nitrogen and oxygen atoms in total. The quantitative estimate of drug-likeness (QED) is 0.626. The highest BCUT2D eigenvalue weighted by Crippen LogP contribution is 2.23. The van der Waals surface area contributed by atoms with E-state index in [1.54, 1.807) is 0 Å². The highest BCUT2D eigenvalue weighted by atomic mass is 35.5. The summed E-state index contributed by atoms with van der Waals surface area (Å²) in [5, 5.41) is 0.669. The van der Waals surface area contributed by atoms with Crippen LogP contribution in [-0.2, 0) is 16.1 Å². The number of ether oxygens (including phenoxy) is 1. The number of amides is 2. The molecule has 3 rings (SSSR count). The Labute approximate surface area is 183 Å². The zero-order valence-electron chi connectivity index (χ0n) is 17.4. The molecule has 2 aromatic rings. The van der Waals surface area contributed by atoms with Crippen molar-refractivity contribution in [3.63, 3.8) is 0 Å². The topological polar surface area (TPSA) is 49.9 Å². The maximum Gasteiger partial charge on any atom is 0.227 e. The van der Waals surface area contributed by atoms with Crippen LogP contribution in [-0.4, -0.2) is 47.9 Å². The second kappa shape index (κ2) is 11.0. The first-order valence-corrected chi connectivity index (χ1v) is 10.9. The number of carbonyl (C=O) groups is 2. The van der Waals surface area contributed by atoms with E-state index in [0.29, 0.717) is 44.2 Å². The first kappa shape index (κ1) is 22.2. The lowest BCUT2D eigenvalue weighted by atomic mass is 9.96. The Hall–Kier alpha value is -2.53. The highest BCUT2D eigenvalue weighted by Gasteiger charge is 2.31. The largest absolute Gasteiger partial charge is 0.493 e. The van der Waals surface area contributed by atoms with E-state index < -0.39 is 0 Å². The van der Waals surface area contributed by atoms with Gasteiger partial charge in [-0.25, -0.2) is 0 Å². The Balaban J connectivity index is 1.52. The van der Waals surface area contributed by atoms with Crippen molar-refractivity contribution in [3.05, 3.63) is 65.2 Å². The summed E-state index contributed by atoms with van der Waals surface area (Å²) >= 11 is 6.27. The monoisotopic (exact) mass is 428 g/mol. The lowest BCUT2D eigenvalue weighted by Gasteiger charge is -2.35. The van der Waals surface area contributed by atoms with Crippen molar-refractivity contribution < 1.29 is 14.3 Å². The number of carbonyl (C=O) groups excluding carboxylic acids is 2. The molecule has 2 aromatic carbocycles. The van der Waals surface area contributed by atoms with Crippen molar-refractivity contribution in [2.24, 2.45) is 5.92 Å². The molecule has 1 aliphatic heterocycles. The van der Waals surface area contributed by atoms with Gasteiger partial charge in [0.15, 0.2) is 0 Å². The fraction of sp³-hybridized carbons (Fsp3) is 0.417. The van der Waals surface area contributed by atoms with Gasteiger partial charge in [-0.3, -0.25) is 9.59 Å². The lowest BCUT2D eigenvalue weighted by molar-refractivity contribution is -0.141. The Morgan fingerprint density at radius 1 is 1.13 bits per heavy atom. The van der Waals surface area contributed by atoms with Gasteiger partial charge in [-0.15, -0.1) is 0 Å². The van der Waals surface area contributed by atoms with E-state index in [9.17, 15) is 9.59 Å². The van der Waals surface area contributed by atoms with Crippen LogP contribution in [0, 0.1) is 5.92 Å². The van der Waals surface area contributed by atoms with Gasteiger partial charge in [0, 0.05) is 31.2 Å². The zero-order chi connectivity index (χ0) is 21.3. The smallest absolute Gasteiger partial charge is 0.227 e. The van der Waals surface area contributed by atoms with Crippen molar-refractivity contribution in [1.29, 1.82) is 0 Å². The minimum Gasteiger partial charge on any atom is -0.493 e. The maximum atomic E-state index is 13.1. The molecule has 2 amide bonds. The van der Waals surface area contributed by atoms with Crippen LogP contribution >= 0.6 is 11.6 Å². The first-order chi connectivity index (χ1) is 14.6. The molecule has 6 heteroatoms. The third-order valence-electron chi connectivity index (χ3n) is 5.46. The molecular formula is C24H29ClN2O3. The maximum absolute atomic E-state index is 13.1. The Morgan fingerprint density at radius 3 is 2.60 bits per heavy atom. The van der Waals surface area contributed by atoms with Gasteiger partial charge in [0.05, 0.1) is 18.9 Å². The summed E-state index contributed by atoms with van der Waals surface area (Å²) in [6.07, 6.45) is 1.96. The van der Waals surface area contributed by atoms with Crippen molar-refractivity contribution in [2.75, 3.05) is 26.2 Å². The molecule has 30 heavy (non-hydrogen) atoms. The van der Waals surface area contributed by atoms with E-state index in [0.717, 1.165) is 24.2 Å². The summed E-state index contributed by atoms with van der Waals surface area (Å²) in [5.74, 6) is 0.725. The van der Waals surface area contributed by atoms with Crippen LogP contribution in [0.5, 0.6) is 5.75 Å². The standard InChI is InChI=1S/C24H29ClN2O3/c1-2-26(17-19-9-6-7-13-22(19)25)24(29)20-10-8-15-27(18-20)23(28)14-16-30-21-11-4-3-5-12-21/h3-7,9,11-13,20H,2,8,10,14-18H2,1H3. The number of likely N-dealkylation sites (tertiary alicyclic amines) is 1. The van der Waals surface area contributed by atoms with Crippen LogP contribution in [0.25, 0.3) is 0 Å². The molecule has 0 radical (unpaired) electrons. The van der Waals surface area contributed by atoms with Crippen LogP contribution in [0.2, 0.25) is 5.02 Å². The second-order valence-electron chi connectivity index (χ2n) is 7.53. The van der Waals surface area contributed by atoms with E-state index >= 15 is 0 Å². The van der Waals surface area contributed by atoms with E-state index in [1.165, 1.54) is 0 Å². The molecule has 0 aromatic heterocycles. The molecule has 0 bridgehead atoms. The second-order valence-corrected chi connectivity index (χ2v) is 7.94. The van der Waals surface area contributed by atoms with Crippen LogP contribution in [0.15, 0.2) is 54.6 Å². The van der Waals surface area contributed by atoms with Crippen molar-refractivity contribution in [1.82, 2.24) is 9.80 Å². The summed E-state index contributed by atoms with van der Waals surface area (Å²) in [7, 11) is 0. The van der Waals surface area contributed by atoms with Crippen molar-refractivity contribution >= 4 is 23.4 Å². The third-order valence-corrected chi connectivity index (χ3v) is 5.83. The number of benzene rings is 2. The summed E-state index contributed by atoms with van der Waals surface area (Å²) < 4.78 is 5.64. The molecule has 1 unspecified atom stereocenters. The Bertz CT molecular complexity index is 843. The fourth-order valence-electron chi connectivity index (χ4n) is 3.77. The number of hydrogen-bond acceptors (Lipinski definition) is 3. The third kappa shape index (κ3) is 5.99. The summed E-state index contributed by atoms with van der Waals surface area (Å²) in [6, 6.07) is 17.1. The normalized spacial score (nSPS) is 16.2. The predicted molar refractivity (Wildman–Crippen MR) is 118 cm³/mol. The average molecular weight is 429 g/mol. The molecule has 1 atom stereocenters. The van der Waals surface area contributed by atoms with Gasteiger partial charge in [0.25, 0.3) is 0 Å². The Kier molecular flexibility index (Phi) is 8.14. The van der Waals surface area contributed by atoms with Gasteiger partial charge in [-0.2, -0.15) is 0 Å². The molecule has 0 saturated carbocycles. The van der Waals surface area contributed by atoms with Crippen molar-refractivity contribution in [3.8, 4) is 5.75 Å². The number of para-hydroxylation sites is 1. The van der Waals surface area contributed by atoms with Crippen LogP contribution in [0.4, 0.5) is 0 Å². The molecule has 0 spiro atoms. The number of halogens is 1. The fourth-order valence-corrected chi connectivity index (χ4v) is 3.97. The minimum atomic E-state index is -0.167.